The molecule has 26 heavy (non-hydrogen) atoms. The normalized spacial score (nSPS) is 9.96. The van der Waals surface area contributed by atoms with Crippen LogP contribution in [-0.2, 0) is 0 Å². The number of rotatable bonds is 6. The second-order valence-corrected chi connectivity index (χ2v) is 6.16. The summed E-state index contributed by atoms with van der Waals surface area (Å²) in [5, 5.41) is 37.4. The summed E-state index contributed by atoms with van der Waals surface area (Å²) in [6, 6.07) is 16.0. The van der Waals surface area contributed by atoms with Crippen LogP contribution in [-0.4, -0.2) is 13.1 Å². The van der Waals surface area contributed by atoms with Gasteiger partial charge in [-0.15, -0.1) is 10.2 Å². The van der Waals surface area contributed by atoms with Gasteiger partial charge in [0.2, 0.25) is 0 Å². The average molecular weight is 360 g/mol. The van der Waals surface area contributed by atoms with Gasteiger partial charge in [0.1, 0.15) is 28.8 Å². The maximum Gasteiger partial charge on any atom is 0.148 e. The van der Waals surface area contributed by atoms with E-state index in [9.17, 15) is 0 Å². The van der Waals surface area contributed by atoms with Crippen molar-refractivity contribution in [2.24, 2.45) is 10.2 Å². The Morgan fingerprint density at radius 1 is 0.923 bits per heavy atom. The van der Waals surface area contributed by atoms with Crippen molar-refractivity contribution in [3.63, 3.8) is 0 Å². The topological polar surface area (TPSA) is 99.3 Å². The number of benzene rings is 1. The SMILES string of the molecule is CCN(CC)c1ccc(N=Nc2ccc(C(C#N)=C(C#N)C#N)cc2)s1. The first-order valence-corrected chi connectivity index (χ1v) is 8.80. The van der Waals surface area contributed by atoms with Crippen LogP contribution in [0.1, 0.15) is 19.4 Å². The molecular weight excluding hydrogens is 344 g/mol. The third kappa shape index (κ3) is 4.33. The molecule has 2 aromatic rings. The number of azo groups is 1. The van der Waals surface area contributed by atoms with Crippen molar-refractivity contribution in [3.8, 4) is 18.2 Å². The second kappa shape index (κ2) is 9.13. The second-order valence-electron chi connectivity index (χ2n) is 5.12. The van der Waals surface area contributed by atoms with Gasteiger partial charge in [-0.05, 0) is 43.7 Å². The van der Waals surface area contributed by atoms with Crippen molar-refractivity contribution in [1.29, 1.82) is 15.8 Å². The minimum atomic E-state index is -0.204. The highest BCUT2D eigenvalue weighted by atomic mass is 32.1. The maximum atomic E-state index is 9.17. The number of nitriles is 3. The third-order valence-corrected chi connectivity index (χ3v) is 4.69. The summed E-state index contributed by atoms with van der Waals surface area (Å²) in [4.78, 5) is 2.25. The van der Waals surface area contributed by atoms with Gasteiger partial charge in [-0.3, -0.25) is 0 Å². The van der Waals surface area contributed by atoms with Crippen LogP contribution in [0.4, 0.5) is 15.7 Å². The van der Waals surface area contributed by atoms with Gasteiger partial charge in [0.15, 0.2) is 0 Å². The molecule has 2 rings (SSSR count). The van der Waals surface area contributed by atoms with Crippen LogP contribution >= 0.6 is 11.3 Å². The molecule has 0 N–H and O–H groups in total. The van der Waals surface area contributed by atoms with E-state index in [0.29, 0.717) is 11.3 Å². The van der Waals surface area contributed by atoms with Crippen LogP contribution in [0, 0.1) is 34.0 Å². The fourth-order valence-corrected chi connectivity index (χ4v) is 3.24. The largest absolute Gasteiger partial charge is 0.364 e. The Morgan fingerprint density at radius 3 is 2.12 bits per heavy atom. The molecule has 128 valence electrons. The number of hydrogen-bond donors (Lipinski definition) is 0. The Labute approximate surface area is 156 Å². The van der Waals surface area contributed by atoms with Crippen LogP contribution in [0.15, 0.2) is 52.2 Å². The Bertz CT molecular complexity index is 928. The van der Waals surface area contributed by atoms with Crippen LogP contribution < -0.4 is 4.90 Å². The molecule has 0 saturated carbocycles. The van der Waals surface area contributed by atoms with E-state index in [0.717, 1.165) is 23.1 Å². The van der Waals surface area contributed by atoms with Crippen LogP contribution in [0.5, 0.6) is 0 Å². The fourth-order valence-electron chi connectivity index (χ4n) is 2.28. The van der Waals surface area contributed by atoms with Gasteiger partial charge in [0.05, 0.1) is 16.3 Å². The van der Waals surface area contributed by atoms with Crippen molar-refractivity contribution in [1.82, 2.24) is 0 Å². The van der Waals surface area contributed by atoms with Gasteiger partial charge in [-0.2, -0.15) is 15.8 Å². The highest BCUT2D eigenvalue weighted by Gasteiger charge is 2.09. The van der Waals surface area contributed by atoms with Crippen LogP contribution in [0.25, 0.3) is 5.57 Å². The Kier molecular flexibility index (Phi) is 6.62. The fraction of sp³-hybridized carbons (Fsp3) is 0.211. The summed E-state index contributed by atoms with van der Waals surface area (Å²) in [7, 11) is 0. The molecule has 0 aliphatic carbocycles. The molecule has 0 fully saturated rings. The zero-order valence-corrected chi connectivity index (χ0v) is 15.3. The number of thiophene rings is 1. The first-order chi connectivity index (χ1) is 12.7. The maximum absolute atomic E-state index is 9.17. The van der Waals surface area contributed by atoms with E-state index < -0.39 is 0 Å². The predicted octanol–water partition coefficient (Wildman–Crippen LogP) is 5.33. The van der Waals surface area contributed by atoms with E-state index in [1.54, 1.807) is 47.7 Å². The van der Waals surface area contributed by atoms with Crippen molar-refractivity contribution in [3.05, 3.63) is 47.5 Å². The number of anilines is 1. The zero-order chi connectivity index (χ0) is 18.9. The van der Waals surface area contributed by atoms with Gasteiger partial charge < -0.3 is 4.90 Å². The standard InChI is InChI=1S/C19H16N6S/c1-3-25(4-2)19-10-9-18(26-19)24-23-16-7-5-14(6-8-16)17(13-22)15(11-20)12-21/h5-10H,3-4H2,1-2H3. The summed E-state index contributed by atoms with van der Waals surface area (Å²) in [6.45, 7) is 6.11. The zero-order valence-electron chi connectivity index (χ0n) is 14.5. The Balaban J connectivity index is 2.19. The molecule has 0 aliphatic heterocycles. The molecule has 0 bridgehead atoms. The first-order valence-electron chi connectivity index (χ1n) is 7.98. The average Bonchev–Trinajstić information content (AvgIpc) is 3.14. The molecule has 0 amide bonds. The molecule has 0 unspecified atom stereocenters. The molecule has 0 atom stereocenters. The molecule has 1 heterocycles. The summed E-state index contributed by atoms with van der Waals surface area (Å²) < 4.78 is 0. The van der Waals surface area contributed by atoms with Crippen molar-refractivity contribution < 1.29 is 0 Å². The number of hydrogen-bond acceptors (Lipinski definition) is 7. The quantitative estimate of drug-likeness (QED) is 0.513. The molecule has 0 aliphatic rings. The van der Waals surface area contributed by atoms with Crippen LogP contribution in [0.3, 0.4) is 0 Å². The summed E-state index contributed by atoms with van der Waals surface area (Å²) >= 11 is 1.57. The van der Waals surface area contributed by atoms with Crippen molar-refractivity contribution in [2.75, 3.05) is 18.0 Å². The van der Waals surface area contributed by atoms with E-state index >= 15 is 0 Å². The number of nitrogens with zero attached hydrogens (tertiary/aromatic N) is 6. The van der Waals surface area contributed by atoms with Gasteiger partial charge in [0, 0.05) is 13.1 Å². The van der Waals surface area contributed by atoms with Gasteiger partial charge >= 0.3 is 0 Å². The van der Waals surface area contributed by atoms with E-state index in [1.807, 2.05) is 18.2 Å². The minimum absolute atomic E-state index is 0.0561. The third-order valence-electron chi connectivity index (χ3n) is 3.66. The van der Waals surface area contributed by atoms with Crippen molar-refractivity contribution >= 4 is 32.6 Å². The Hall–Kier alpha value is -3.47. The lowest BCUT2D eigenvalue weighted by Gasteiger charge is -2.17. The minimum Gasteiger partial charge on any atom is -0.364 e. The van der Waals surface area contributed by atoms with Gasteiger partial charge in [-0.1, -0.05) is 23.5 Å². The van der Waals surface area contributed by atoms with E-state index in [2.05, 4.69) is 29.0 Å². The number of allylic oxidation sites excluding steroid dienone is 2. The smallest absolute Gasteiger partial charge is 0.148 e. The molecule has 7 heteroatoms. The Morgan fingerprint density at radius 2 is 1.58 bits per heavy atom. The molecule has 1 aromatic heterocycles. The van der Waals surface area contributed by atoms with Gasteiger partial charge in [-0.25, -0.2) is 0 Å². The molecular formula is C19H16N6S. The lowest BCUT2D eigenvalue weighted by molar-refractivity contribution is 0.876. The lowest BCUT2D eigenvalue weighted by atomic mass is 10.0. The predicted molar refractivity (Wildman–Crippen MR) is 102 cm³/mol. The summed E-state index contributed by atoms with van der Waals surface area (Å²) in [5.74, 6) is 0. The van der Waals surface area contributed by atoms with Crippen LogP contribution in [0.2, 0.25) is 0 Å². The van der Waals surface area contributed by atoms with Crippen molar-refractivity contribution in [2.45, 2.75) is 13.8 Å². The van der Waals surface area contributed by atoms with E-state index in [4.69, 9.17) is 15.8 Å². The first kappa shape index (κ1) is 18.9. The summed E-state index contributed by atoms with van der Waals surface area (Å²) in [6.07, 6.45) is 0. The van der Waals surface area contributed by atoms with E-state index in [1.165, 1.54) is 0 Å². The molecule has 1 aromatic carbocycles. The molecule has 0 radical (unpaired) electrons. The highest BCUT2D eigenvalue weighted by Crippen LogP contribution is 2.33. The van der Waals surface area contributed by atoms with E-state index in [-0.39, 0.29) is 11.1 Å². The highest BCUT2D eigenvalue weighted by molar-refractivity contribution is 7.19. The molecule has 0 spiro atoms. The lowest BCUT2D eigenvalue weighted by Crippen LogP contribution is -2.20. The van der Waals surface area contributed by atoms with Gasteiger partial charge in [0.25, 0.3) is 0 Å². The summed E-state index contributed by atoms with van der Waals surface area (Å²) in [5.41, 5.74) is 0.980. The molecule has 0 saturated heterocycles. The monoisotopic (exact) mass is 360 g/mol. The molecule has 6 nitrogen and oxygen atoms in total.